The predicted molar refractivity (Wildman–Crippen MR) is 409 cm³/mol. The minimum absolute atomic E-state index is 0.108. The molecule has 100 heavy (non-hydrogen) atoms. The van der Waals surface area contributed by atoms with Crippen LogP contribution in [0.1, 0.15) is 427 Å². The highest BCUT2D eigenvalue weighted by atomic mass is 31.2. The van der Waals surface area contributed by atoms with Crippen molar-refractivity contribution in [3.8, 4) is 0 Å². The fourth-order valence-electron chi connectivity index (χ4n) is 12.5. The Morgan fingerprint density at radius 2 is 0.480 bits per heavy atom. The van der Waals surface area contributed by atoms with Gasteiger partial charge < -0.3 is 33.8 Å². The number of aliphatic hydroxyl groups excluding tert-OH is 1. The van der Waals surface area contributed by atoms with Crippen molar-refractivity contribution in [2.45, 2.75) is 445 Å². The summed E-state index contributed by atoms with van der Waals surface area (Å²) in [6, 6.07) is 0. The Hall–Kier alpha value is -1.94. The highest BCUT2D eigenvalue weighted by Gasteiger charge is 2.30. The molecule has 0 amide bonds. The molecule has 0 aliphatic heterocycles. The monoisotopic (exact) mass is 1470 g/mol. The van der Waals surface area contributed by atoms with Crippen molar-refractivity contribution < 1.29 is 80.2 Å². The molecule has 0 heterocycles. The third kappa shape index (κ3) is 71.7. The molecule has 0 bridgehead atoms. The van der Waals surface area contributed by atoms with Crippen molar-refractivity contribution >= 4 is 39.5 Å². The van der Waals surface area contributed by atoms with Gasteiger partial charge in [0.2, 0.25) is 0 Å². The number of esters is 4. The first-order chi connectivity index (χ1) is 48.4. The number of phosphoric ester groups is 2. The first-order valence-corrected chi connectivity index (χ1v) is 45.1. The lowest BCUT2D eigenvalue weighted by atomic mass is 9.99. The van der Waals surface area contributed by atoms with Gasteiger partial charge in [0.05, 0.1) is 26.4 Å². The van der Waals surface area contributed by atoms with Crippen molar-refractivity contribution in [2.24, 2.45) is 11.8 Å². The van der Waals surface area contributed by atoms with E-state index in [1.54, 1.807) is 0 Å². The Balaban J connectivity index is 5.18. The fourth-order valence-corrected chi connectivity index (χ4v) is 14.1. The van der Waals surface area contributed by atoms with E-state index in [9.17, 15) is 43.2 Å². The minimum Gasteiger partial charge on any atom is -0.462 e. The number of ether oxygens (including phenoxy) is 4. The van der Waals surface area contributed by atoms with E-state index in [-0.39, 0.29) is 25.7 Å². The number of carbonyl (C=O) groups is 4. The smallest absolute Gasteiger partial charge is 0.462 e. The van der Waals surface area contributed by atoms with E-state index >= 15 is 0 Å². The van der Waals surface area contributed by atoms with E-state index in [0.717, 1.165) is 115 Å². The average Bonchev–Trinajstić information content (AvgIpc) is 0.967. The van der Waals surface area contributed by atoms with Gasteiger partial charge in [-0.15, -0.1) is 0 Å². The summed E-state index contributed by atoms with van der Waals surface area (Å²) in [5.41, 5.74) is 0. The Morgan fingerprint density at radius 3 is 0.710 bits per heavy atom. The van der Waals surface area contributed by atoms with Gasteiger partial charge in [-0.25, -0.2) is 9.13 Å². The molecule has 3 N–H and O–H groups in total. The van der Waals surface area contributed by atoms with Crippen molar-refractivity contribution in [2.75, 3.05) is 39.6 Å². The SMILES string of the molecule is CCCCCCCCCCCCCCCCCCCC(=O)O[C@H](COC(=O)CCCCCCCCC)COP(=O)(O)OC[C@H](O)COP(=O)(O)OC[C@@H](COC(=O)CCCCCCCCCCCCCCCCC(C)CC)OC(=O)CCCCCCCCCCCCCCCCC(C)CC. The highest BCUT2D eigenvalue weighted by molar-refractivity contribution is 7.47. The maximum Gasteiger partial charge on any atom is 0.472 e. The molecule has 0 spiro atoms. The van der Waals surface area contributed by atoms with E-state index in [4.69, 9.17) is 37.0 Å². The predicted octanol–water partition coefficient (Wildman–Crippen LogP) is 24.3. The third-order valence-electron chi connectivity index (χ3n) is 19.7. The van der Waals surface area contributed by atoms with Crippen LogP contribution in [-0.4, -0.2) is 96.7 Å². The maximum absolute atomic E-state index is 13.1. The summed E-state index contributed by atoms with van der Waals surface area (Å²) in [7, 11) is -9.91. The van der Waals surface area contributed by atoms with Crippen LogP contribution < -0.4 is 0 Å². The van der Waals surface area contributed by atoms with Gasteiger partial charge in [-0.2, -0.15) is 0 Å². The minimum atomic E-state index is -4.96. The molecule has 0 rings (SSSR count). The number of phosphoric acid groups is 2. The second-order valence-corrected chi connectivity index (χ2v) is 32.6. The average molecular weight is 1470 g/mol. The Kier molecular flexibility index (Phi) is 71.2. The molecule has 594 valence electrons. The summed E-state index contributed by atoms with van der Waals surface area (Å²) in [5.74, 6) is -0.416. The van der Waals surface area contributed by atoms with E-state index in [1.807, 2.05) is 0 Å². The largest absolute Gasteiger partial charge is 0.472 e. The maximum atomic E-state index is 13.1. The van der Waals surface area contributed by atoms with Crippen LogP contribution in [0.2, 0.25) is 0 Å². The van der Waals surface area contributed by atoms with Crippen LogP contribution in [0.3, 0.4) is 0 Å². The summed E-state index contributed by atoms with van der Waals surface area (Å²) in [6.07, 6.45) is 62.4. The van der Waals surface area contributed by atoms with E-state index in [1.165, 1.54) is 231 Å². The lowest BCUT2D eigenvalue weighted by Gasteiger charge is -2.21. The molecule has 19 heteroatoms. The van der Waals surface area contributed by atoms with Crippen LogP contribution in [0.4, 0.5) is 0 Å². The zero-order valence-electron chi connectivity index (χ0n) is 65.5. The fraction of sp³-hybridized carbons (Fsp3) is 0.951. The van der Waals surface area contributed by atoms with Gasteiger partial charge in [-0.3, -0.25) is 37.3 Å². The van der Waals surface area contributed by atoms with Gasteiger partial charge in [0.25, 0.3) is 0 Å². The quantitative estimate of drug-likeness (QED) is 0.0222. The molecule has 7 atom stereocenters. The molecule has 0 aromatic carbocycles. The van der Waals surface area contributed by atoms with Crippen LogP contribution in [0.15, 0.2) is 0 Å². The number of aliphatic hydroxyl groups is 1. The second kappa shape index (κ2) is 72.6. The molecular weight excluding hydrogens is 1310 g/mol. The van der Waals surface area contributed by atoms with Gasteiger partial charge in [0.15, 0.2) is 12.2 Å². The van der Waals surface area contributed by atoms with E-state index < -0.39 is 97.5 Å². The van der Waals surface area contributed by atoms with Gasteiger partial charge in [-0.1, -0.05) is 375 Å². The highest BCUT2D eigenvalue weighted by Crippen LogP contribution is 2.45. The number of hydrogen-bond acceptors (Lipinski definition) is 15. The molecule has 0 saturated carbocycles. The topological polar surface area (TPSA) is 237 Å². The van der Waals surface area contributed by atoms with Crippen LogP contribution in [0.5, 0.6) is 0 Å². The second-order valence-electron chi connectivity index (χ2n) is 29.6. The Bertz CT molecular complexity index is 1930. The summed E-state index contributed by atoms with van der Waals surface area (Å²) in [6.45, 7) is 9.71. The van der Waals surface area contributed by atoms with Crippen LogP contribution in [0, 0.1) is 11.8 Å². The van der Waals surface area contributed by atoms with Crippen LogP contribution in [0.25, 0.3) is 0 Å². The molecule has 0 radical (unpaired) electrons. The molecule has 0 fully saturated rings. The molecule has 0 aliphatic rings. The number of carbonyl (C=O) groups excluding carboxylic acids is 4. The summed E-state index contributed by atoms with van der Waals surface area (Å²) >= 11 is 0. The molecule has 17 nitrogen and oxygen atoms in total. The van der Waals surface area contributed by atoms with Gasteiger partial charge in [0, 0.05) is 25.7 Å². The van der Waals surface area contributed by atoms with Gasteiger partial charge >= 0.3 is 39.5 Å². The molecule has 0 saturated heterocycles. The Labute approximate surface area is 613 Å². The summed E-state index contributed by atoms with van der Waals surface area (Å²) in [5, 5.41) is 10.6. The van der Waals surface area contributed by atoms with E-state index in [2.05, 4.69) is 41.5 Å². The molecule has 0 aliphatic carbocycles. The van der Waals surface area contributed by atoms with E-state index in [0.29, 0.717) is 25.7 Å². The summed E-state index contributed by atoms with van der Waals surface area (Å²) < 4.78 is 68.6. The Morgan fingerprint density at radius 1 is 0.280 bits per heavy atom. The molecule has 4 unspecified atom stereocenters. The number of hydrogen-bond donors (Lipinski definition) is 3. The van der Waals surface area contributed by atoms with Crippen molar-refractivity contribution in [1.29, 1.82) is 0 Å². The van der Waals surface area contributed by atoms with Crippen LogP contribution >= 0.6 is 15.6 Å². The van der Waals surface area contributed by atoms with Crippen LogP contribution in [-0.2, 0) is 65.4 Å². The first-order valence-electron chi connectivity index (χ1n) is 42.1. The normalized spacial score (nSPS) is 14.4. The van der Waals surface area contributed by atoms with Crippen molar-refractivity contribution in [3.05, 3.63) is 0 Å². The number of rotatable bonds is 80. The zero-order valence-corrected chi connectivity index (χ0v) is 67.3. The molecular formula is C81H158O17P2. The summed E-state index contributed by atoms with van der Waals surface area (Å²) in [4.78, 5) is 72.9. The number of unbranched alkanes of at least 4 members (excludes halogenated alkanes) is 48. The van der Waals surface area contributed by atoms with Crippen molar-refractivity contribution in [3.63, 3.8) is 0 Å². The standard InChI is InChI=1S/C81H158O17P2/c1-7-11-13-15-17-18-19-20-21-22-23-31-36-41-47-53-59-65-80(85)97-76(69-91-78(83)63-57-51-43-16-14-12-8-2)71-95-99(87,88)93-67-75(82)68-94-100(89,90)96-72-77(98-81(86)66-60-54-48-42-37-32-27-25-29-34-39-45-50-56-62-74(6)10-4)70-92-79(84)64-58-52-46-40-35-30-26-24-28-33-38-44-49-55-61-73(5)9-3/h73-77,82H,7-72H2,1-6H3,(H,87,88)(H,89,90)/t73?,74?,75-,76+,77+/m0/s1. The van der Waals surface area contributed by atoms with Crippen molar-refractivity contribution in [1.82, 2.24) is 0 Å². The lowest BCUT2D eigenvalue weighted by molar-refractivity contribution is -0.161. The van der Waals surface area contributed by atoms with Gasteiger partial charge in [-0.05, 0) is 37.5 Å². The third-order valence-corrected chi connectivity index (χ3v) is 21.6. The van der Waals surface area contributed by atoms with Gasteiger partial charge in [0.1, 0.15) is 19.3 Å². The first kappa shape index (κ1) is 98.1. The zero-order chi connectivity index (χ0) is 73.5. The molecule has 0 aromatic heterocycles. The molecule has 0 aromatic rings. The lowest BCUT2D eigenvalue weighted by Crippen LogP contribution is -2.30.